The molecule has 0 bridgehead atoms. The minimum absolute atomic E-state index is 0.0533. The van der Waals surface area contributed by atoms with Gasteiger partial charge in [-0.25, -0.2) is 0 Å². The molecule has 0 saturated carbocycles. The molecule has 0 aliphatic carbocycles. The minimum atomic E-state index is -4.66. The quantitative estimate of drug-likeness (QED) is 0.0199. The van der Waals surface area contributed by atoms with Crippen molar-refractivity contribution in [2.24, 2.45) is 0 Å². The fourth-order valence-electron chi connectivity index (χ4n) is 5.18. The van der Waals surface area contributed by atoms with Gasteiger partial charge in [0.15, 0.2) is 6.10 Å². The Morgan fingerprint density at radius 3 is 1.53 bits per heavy atom. The topological polar surface area (TPSA) is 111 Å². The summed E-state index contributed by atoms with van der Waals surface area (Å²) in [6.07, 6.45) is 51.7. The molecule has 0 N–H and O–H groups in total. The van der Waals surface area contributed by atoms with Crippen LogP contribution in [0, 0.1) is 0 Å². The van der Waals surface area contributed by atoms with E-state index in [0.29, 0.717) is 23.9 Å². The van der Waals surface area contributed by atoms with E-state index in [1.807, 2.05) is 33.3 Å². The zero-order valence-corrected chi connectivity index (χ0v) is 37.8. The third kappa shape index (κ3) is 42.5. The first-order valence-corrected chi connectivity index (χ1v) is 23.4. The molecule has 0 rings (SSSR count). The third-order valence-corrected chi connectivity index (χ3v) is 9.57. The lowest BCUT2D eigenvalue weighted by molar-refractivity contribution is -0.870. The van der Waals surface area contributed by atoms with Crippen molar-refractivity contribution in [1.82, 2.24) is 0 Å². The predicted octanol–water partition coefficient (Wildman–Crippen LogP) is 11.9. The SMILES string of the molecule is CC/C=C/C/C=C/C/C=C/C/C=C/C/C=C/C/C=C/CCC(=O)OC[C@H](COP(=O)([O-])OCC[N+](C)(C)C)OC(=O)CCCC/C=C/C/C=C/CCCCCCCC. The Balaban J connectivity index is 4.56. The van der Waals surface area contributed by atoms with Crippen LogP contribution in [-0.2, 0) is 32.7 Å². The van der Waals surface area contributed by atoms with Gasteiger partial charge in [0.05, 0.1) is 27.7 Å². The van der Waals surface area contributed by atoms with Crippen molar-refractivity contribution < 1.29 is 42.1 Å². The second-order valence-corrected chi connectivity index (χ2v) is 16.7. The number of quaternary nitrogens is 1. The number of rotatable bonds is 38. The van der Waals surface area contributed by atoms with Crippen LogP contribution in [0.25, 0.3) is 0 Å². The number of unbranched alkanes of at least 4 members (excludes halogenated alkanes) is 8. The minimum Gasteiger partial charge on any atom is -0.756 e. The van der Waals surface area contributed by atoms with Gasteiger partial charge in [0.1, 0.15) is 19.8 Å². The zero-order valence-electron chi connectivity index (χ0n) is 36.9. The first-order valence-electron chi connectivity index (χ1n) is 21.9. The maximum Gasteiger partial charge on any atom is 0.306 e. The Morgan fingerprint density at radius 2 is 1.02 bits per heavy atom. The number of allylic oxidation sites excluding steroid dienone is 16. The highest BCUT2D eigenvalue weighted by molar-refractivity contribution is 7.45. The van der Waals surface area contributed by atoms with Crippen molar-refractivity contribution in [2.75, 3.05) is 47.5 Å². The van der Waals surface area contributed by atoms with E-state index in [4.69, 9.17) is 18.5 Å². The Kier molecular flexibility index (Phi) is 37.3. The molecule has 9 nitrogen and oxygen atoms in total. The summed E-state index contributed by atoms with van der Waals surface area (Å²) in [6, 6.07) is 0. The number of phosphoric acid groups is 1. The van der Waals surface area contributed by atoms with Crippen molar-refractivity contribution >= 4 is 19.8 Å². The largest absolute Gasteiger partial charge is 0.756 e. The smallest absolute Gasteiger partial charge is 0.306 e. The van der Waals surface area contributed by atoms with Gasteiger partial charge in [0.2, 0.25) is 0 Å². The molecule has 0 aliphatic heterocycles. The fourth-order valence-corrected chi connectivity index (χ4v) is 5.91. The van der Waals surface area contributed by atoms with Gasteiger partial charge >= 0.3 is 11.9 Å². The predicted molar refractivity (Wildman–Crippen MR) is 240 cm³/mol. The van der Waals surface area contributed by atoms with Crippen molar-refractivity contribution in [1.29, 1.82) is 0 Å². The number of phosphoric ester groups is 1. The lowest BCUT2D eigenvalue weighted by Crippen LogP contribution is -2.37. The van der Waals surface area contributed by atoms with Gasteiger partial charge in [-0.2, -0.15) is 0 Å². The van der Waals surface area contributed by atoms with E-state index >= 15 is 0 Å². The normalized spacial score (nSPS) is 14.5. The first kappa shape index (κ1) is 54.9. The second kappa shape index (κ2) is 39.4. The van der Waals surface area contributed by atoms with E-state index in [-0.39, 0.29) is 26.1 Å². The molecule has 0 fully saturated rings. The number of likely N-dealkylation sites (N-methyl/N-ethyl adjacent to an activating group) is 1. The van der Waals surface area contributed by atoms with Gasteiger partial charge in [0.25, 0.3) is 7.82 Å². The molecule has 0 saturated heterocycles. The average molecular weight is 830 g/mol. The Hall–Kier alpha value is -3.07. The van der Waals surface area contributed by atoms with Crippen LogP contribution < -0.4 is 4.89 Å². The summed E-state index contributed by atoms with van der Waals surface area (Å²) < 4.78 is 33.7. The highest BCUT2D eigenvalue weighted by atomic mass is 31.2. The van der Waals surface area contributed by atoms with Crippen LogP contribution in [0.4, 0.5) is 0 Å². The van der Waals surface area contributed by atoms with Crippen LogP contribution in [0.5, 0.6) is 0 Å². The summed E-state index contributed by atoms with van der Waals surface area (Å²) in [7, 11) is 1.09. The molecule has 1 unspecified atom stereocenters. The van der Waals surface area contributed by atoms with Crippen LogP contribution in [0.15, 0.2) is 97.2 Å². The molecule has 10 heteroatoms. The Labute approximate surface area is 353 Å². The van der Waals surface area contributed by atoms with Gasteiger partial charge in [-0.15, -0.1) is 0 Å². The van der Waals surface area contributed by atoms with Crippen LogP contribution in [0.3, 0.4) is 0 Å². The lowest BCUT2D eigenvalue weighted by Gasteiger charge is -2.28. The lowest BCUT2D eigenvalue weighted by atomic mass is 10.1. The first-order chi connectivity index (χ1) is 28.0. The van der Waals surface area contributed by atoms with Crippen LogP contribution in [0.1, 0.15) is 142 Å². The van der Waals surface area contributed by atoms with Crippen molar-refractivity contribution in [3.8, 4) is 0 Å². The highest BCUT2D eigenvalue weighted by Gasteiger charge is 2.21. The molecule has 0 heterocycles. The number of hydrogen-bond acceptors (Lipinski definition) is 8. The van der Waals surface area contributed by atoms with Gasteiger partial charge < -0.3 is 27.9 Å². The number of carbonyl (C=O) groups excluding carboxylic acids is 2. The number of esters is 2. The van der Waals surface area contributed by atoms with Gasteiger partial charge in [-0.1, -0.05) is 143 Å². The zero-order chi connectivity index (χ0) is 42.8. The third-order valence-electron chi connectivity index (χ3n) is 8.60. The van der Waals surface area contributed by atoms with Crippen LogP contribution in [-0.4, -0.2) is 70.0 Å². The van der Waals surface area contributed by atoms with Gasteiger partial charge in [-0.05, 0) is 83.5 Å². The van der Waals surface area contributed by atoms with Crippen molar-refractivity contribution in [3.05, 3.63) is 97.2 Å². The molecule has 58 heavy (non-hydrogen) atoms. The second-order valence-electron chi connectivity index (χ2n) is 15.3. The molecule has 0 aromatic carbocycles. The van der Waals surface area contributed by atoms with E-state index in [1.165, 1.54) is 38.5 Å². The standard InChI is InChI=1S/C48H80NO8P/c1-6-8-10-12-14-16-18-20-22-23-24-25-27-28-30-32-34-36-38-40-47(50)54-44-46(45-56-58(52,53)55-43-42-49(3,4)5)57-48(51)41-39-37-35-33-31-29-26-21-19-17-15-13-11-9-7-2/h8,10,14,16,20-22,24-26,28,30-31,33-34,36,46H,6-7,9,11-13,15,17-19,23,27,29,32,35,37-45H2,1-5H3/b10-8+,16-14+,22-20+,25-24+,26-21+,30-28+,33-31+,36-34+/t46-/m1/s1. The van der Waals surface area contributed by atoms with E-state index in [1.54, 1.807) is 0 Å². The molecular formula is C48H80NO8P. The fraction of sp³-hybridized carbons (Fsp3) is 0.625. The average Bonchev–Trinajstić information content (AvgIpc) is 3.17. The van der Waals surface area contributed by atoms with Crippen molar-refractivity contribution in [2.45, 2.75) is 148 Å². The molecule has 330 valence electrons. The number of carbonyl (C=O) groups is 2. The molecule has 0 aliphatic rings. The van der Waals surface area contributed by atoms with E-state index < -0.39 is 32.5 Å². The number of hydrogen-bond donors (Lipinski definition) is 0. The Morgan fingerprint density at radius 1 is 0.552 bits per heavy atom. The maximum atomic E-state index is 12.6. The van der Waals surface area contributed by atoms with Crippen LogP contribution >= 0.6 is 7.82 Å². The molecule has 0 aromatic heterocycles. The summed E-state index contributed by atoms with van der Waals surface area (Å²) in [5, 5.41) is 0. The summed E-state index contributed by atoms with van der Waals surface area (Å²) in [4.78, 5) is 37.5. The van der Waals surface area contributed by atoms with E-state index in [2.05, 4.69) is 98.9 Å². The van der Waals surface area contributed by atoms with Gasteiger partial charge in [-0.3, -0.25) is 14.2 Å². The maximum absolute atomic E-state index is 12.6. The Bertz CT molecular complexity index is 1300. The monoisotopic (exact) mass is 830 g/mol. The highest BCUT2D eigenvalue weighted by Crippen LogP contribution is 2.38. The summed E-state index contributed by atoms with van der Waals surface area (Å²) in [5.41, 5.74) is 0. The van der Waals surface area contributed by atoms with E-state index in [9.17, 15) is 19.0 Å². The summed E-state index contributed by atoms with van der Waals surface area (Å²) >= 11 is 0. The van der Waals surface area contributed by atoms with Gasteiger partial charge in [0, 0.05) is 12.8 Å². The number of nitrogens with zero attached hydrogens (tertiary/aromatic N) is 1. The molecule has 2 atom stereocenters. The molecule has 0 aromatic rings. The molecule has 0 spiro atoms. The summed E-state index contributed by atoms with van der Waals surface area (Å²) in [6.45, 7) is 3.95. The van der Waals surface area contributed by atoms with E-state index in [0.717, 1.165) is 64.2 Å². The molecule has 0 radical (unpaired) electrons. The molecular weight excluding hydrogens is 750 g/mol. The summed E-state index contributed by atoms with van der Waals surface area (Å²) in [5.74, 6) is -0.981. The van der Waals surface area contributed by atoms with Crippen LogP contribution in [0.2, 0.25) is 0 Å². The van der Waals surface area contributed by atoms with Crippen molar-refractivity contribution in [3.63, 3.8) is 0 Å². The number of ether oxygens (including phenoxy) is 2. The molecule has 0 amide bonds.